The number of nitrogens with zero attached hydrogens (tertiary/aromatic N) is 2. The number of hydrogen-bond acceptors (Lipinski definition) is 4. The minimum absolute atomic E-state index is 0.0129. The van der Waals surface area contributed by atoms with Crippen molar-refractivity contribution < 1.29 is 13.9 Å². The minimum atomic E-state index is -0.355. The number of halogens is 5. The first-order valence-electron chi connectivity index (χ1n) is 12.3. The topological polar surface area (TPSA) is 41.9 Å². The third kappa shape index (κ3) is 6.73. The lowest BCUT2D eigenvalue weighted by Gasteiger charge is -2.17. The molecule has 4 nitrogen and oxygen atoms in total. The molecule has 1 fully saturated rings. The number of benzene rings is 4. The first-order chi connectivity index (χ1) is 19.6. The molecule has 10 heteroatoms. The third-order valence-electron chi connectivity index (χ3n) is 6.25. The Morgan fingerprint density at radius 1 is 0.976 bits per heavy atom. The summed E-state index contributed by atoms with van der Waals surface area (Å²) in [4.78, 5) is 20.6. The maximum Gasteiger partial charge on any atom is 0.271 e. The number of carbonyl (C=O) groups excluding carboxylic acids is 1. The summed E-state index contributed by atoms with van der Waals surface area (Å²) in [5.41, 5.74) is 4.06. The van der Waals surface area contributed by atoms with Crippen LogP contribution in [0.4, 0.5) is 15.8 Å². The van der Waals surface area contributed by atoms with Crippen LogP contribution in [0.5, 0.6) is 5.75 Å². The second-order valence-electron chi connectivity index (χ2n) is 9.20. The van der Waals surface area contributed by atoms with Crippen molar-refractivity contribution in [2.75, 3.05) is 4.90 Å². The summed E-state index contributed by atoms with van der Waals surface area (Å²) in [6.45, 7) is 3.82. The maximum atomic E-state index is 14.3. The molecule has 0 atom stereocenters. The van der Waals surface area contributed by atoms with Gasteiger partial charge in [-0.05, 0) is 101 Å². The van der Waals surface area contributed by atoms with Crippen LogP contribution in [-0.4, -0.2) is 11.1 Å². The van der Waals surface area contributed by atoms with E-state index in [1.165, 1.54) is 22.7 Å². The Hall–Kier alpha value is -2.62. The van der Waals surface area contributed by atoms with E-state index in [0.29, 0.717) is 52.8 Å². The molecule has 208 valence electrons. The number of amidine groups is 1. The van der Waals surface area contributed by atoms with Gasteiger partial charge in [0.1, 0.15) is 18.2 Å². The monoisotopic (exact) mass is 732 g/mol. The molecule has 1 saturated heterocycles. The first-order valence-corrected chi connectivity index (χ1v) is 15.5. The number of anilines is 1. The van der Waals surface area contributed by atoms with E-state index in [2.05, 4.69) is 31.9 Å². The molecule has 0 aliphatic carbocycles. The van der Waals surface area contributed by atoms with Crippen molar-refractivity contribution in [1.29, 1.82) is 0 Å². The number of rotatable bonds is 6. The number of ether oxygens (including phenoxy) is 1. The van der Waals surface area contributed by atoms with Crippen LogP contribution in [0, 0.1) is 19.7 Å². The fraction of sp³-hybridized carbons (Fsp3) is 0.0968. The number of hydrogen-bond donors (Lipinski definition) is 0. The van der Waals surface area contributed by atoms with E-state index in [0.717, 1.165) is 15.6 Å². The number of aryl methyl sites for hydroxylation is 2. The predicted octanol–water partition coefficient (Wildman–Crippen LogP) is 10.7. The summed E-state index contributed by atoms with van der Waals surface area (Å²) in [6, 6.07) is 21.0. The lowest BCUT2D eigenvalue weighted by molar-refractivity contribution is -0.113. The molecule has 0 N–H and O–H groups in total. The summed E-state index contributed by atoms with van der Waals surface area (Å²) in [7, 11) is 0. The van der Waals surface area contributed by atoms with Gasteiger partial charge in [0.25, 0.3) is 5.91 Å². The SMILES string of the molecule is Cc1ccc(N=C2S/C(=C/c3cc(Br)cc(Br)c3OCc3ccccc3F)C(=O)N2c2ccc(C)c(Cl)c2)cc1Cl. The molecule has 0 radical (unpaired) electrons. The number of aliphatic imine (C=N–C) groups is 1. The molecule has 5 rings (SSSR count). The van der Waals surface area contributed by atoms with E-state index < -0.39 is 0 Å². The van der Waals surface area contributed by atoms with Crippen molar-refractivity contribution in [3.05, 3.63) is 125 Å². The van der Waals surface area contributed by atoms with Crippen LogP contribution in [0.15, 0.2) is 91.6 Å². The summed E-state index contributed by atoms with van der Waals surface area (Å²) in [6.07, 6.45) is 1.74. The average molecular weight is 735 g/mol. The average Bonchev–Trinajstić information content (AvgIpc) is 3.22. The lowest BCUT2D eigenvalue weighted by Crippen LogP contribution is -2.28. The van der Waals surface area contributed by atoms with E-state index in [4.69, 9.17) is 32.9 Å². The third-order valence-corrected chi connectivity index (χ3v) is 9.08. The summed E-state index contributed by atoms with van der Waals surface area (Å²) >= 11 is 21.1. The Bertz CT molecular complexity index is 1750. The largest absolute Gasteiger partial charge is 0.487 e. The van der Waals surface area contributed by atoms with Crippen molar-refractivity contribution in [1.82, 2.24) is 0 Å². The van der Waals surface area contributed by atoms with Crippen LogP contribution in [0.1, 0.15) is 22.3 Å². The Morgan fingerprint density at radius 3 is 2.39 bits per heavy atom. The predicted molar refractivity (Wildman–Crippen MR) is 175 cm³/mol. The van der Waals surface area contributed by atoms with Crippen molar-refractivity contribution in [3.8, 4) is 5.75 Å². The fourth-order valence-corrected chi connectivity index (χ4v) is 6.72. The van der Waals surface area contributed by atoms with Crippen molar-refractivity contribution >= 4 is 95.3 Å². The number of amides is 1. The zero-order valence-corrected chi connectivity index (χ0v) is 27.2. The van der Waals surface area contributed by atoms with Crippen LogP contribution in [0.2, 0.25) is 10.0 Å². The van der Waals surface area contributed by atoms with Crippen molar-refractivity contribution in [3.63, 3.8) is 0 Å². The normalized spacial score (nSPS) is 15.3. The van der Waals surface area contributed by atoms with Crippen LogP contribution in [-0.2, 0) is 11.4 Å². The highest BCUT2D eigenvalue weighted by molar-refractivity contribution is 9.11. The Balaban J connectivity index is 1.57. The van der Waals surface area contributed by atoms with Gasteiger partial charge in [0, 0.05) is 25.6 Å². The molecule has 1 aliphatic rings. The number of thioether (sulfide) groups is 1. The summed E-state index contributed by atoms with van der Waals surface area (Å²) in [5, 5.41) is 1.57. The zero-order valence-electron chi connectivity index (χ0n) is 21.7. The Kier molecular flexibility index (Phi) is 9.26. The standard InChI is InChI=1S/C31H21Br2Cl2FN2O2S/c1-17-7-9-22(14-25(17)34)37-31-38(23-10-8-18(2)26(35)15-23)30(39)28(41-31)12-20-11-21(32)13-24(33)29(20)40-16-19-5-3-4-6-27(19)36/h3-15H,16H2,1-2H3/b28-12+,37-31?. The van der Waals surface area contributed by atoms with Crippen LogP contribution < -0.4 is 9.64 Å². The highest BCUT2D eigenvalue weighted by atomic mass is 79.9. The van der Waals surface area contributed by atoms with E-state index >= 15 is 0 Å². The van der Waals surface area contributed by atoms with E-state index in [1.54, 1.807) is 36.4 Å². The lowest BCUT2D eigenvalue weighted by atomic mass is 10.1. The molecule has 0 saturated carbocycles. The Morgan fingerprint density at radius 2 is 1.68 bits per heavy atom. The minimum Gasteiger partial charge on any atom is -0.487 e. The molecular formula is C31H21Br2Cl2FN2O2S. The molecule has 0 unspecified atom stereocenters. The fourth-order valence-electron chi connectivity index (χ4n) is 4.01. The zero-order chi connectivity index (χ0) is 29.3. The molecular weight excluding hydrogens is 714 g/mol. The molecule has 0 spiro atoms. The highest BCUT2D eigenvalue weighted by Gasteiger charge is 2.35. The van der Waals surface area contributed by atoms with Crippen LogP contribution >= 0.6 is 66.8 Å². The summed E-state index contributed by atoms with van der Waals surface area (Å²) in [5.74, 6) is -0.160. The highest BCUT2D eigenvalue weighted by Crippen LogP contribution is 2.41. The van der Waals surface area contributed by atoms with Gasteiger partial charge in [-0.25, -0.2) is 9.38 Å². The van der Waals surface area contributed by atoms with Gasteiger partial charge in [-0.2, -0.15) is 0 Å². The smallest absolute Gasteiger partial charge is 0.271 e. The van der Waals surface area contributed by atoms with E-state index in [9.17, 15) is 9.18 Å². The summed E-state index contributed by atoms with van der Waals surface area (Å²) < 4.78 is 21.8. The van der Waals surface area contributed by atoms with Gasteiger partial charge in [-0.15, -0.1) is 0 Å². The first kappa shape index (κ1) is 29.9. The molecule has 0 aromatic heterocycles. The van der Waals surface area contributed by atoms with Crippen LogP contribution in [0.3, 0.4) is 0 Å². The van der Waals surface area contributed by atoms with Gasteiger partial charge >= 0.3 is 0 Å². The molecule has 1 aliphatic heterocycles. The molecule has 41 heavy (non-hydrogen) atoms. The molecule has 4 aromatic carbocycles. The van der Waals surface area contributed by atoms with Gasteiger partial charge in [0.2, 0.25) is 0 Å². The van der Waals surface area contributed by atoms with Crippen molar-refractivity contribution in [2.45, 2.75) is 20.5 Å². The second kappa shape index (κ2) is 12.7. The van der Waals surface area contributed by atoms with Gasteiger partial charge in [-0.3, -0.25) is 9.69 Å². The van der Waals surface area contributed by atoms with Gasteiger partial charge in [0.05, 0.1) is 20.8 Å². The van der Waals surface area contributed by atoms with Crippen LogP contribution in [0.25, 0.3) is 6.08 Å². The molecule has 0 bridgehead atoms. The van der Waals surface area contributed by atoms with E-state index in [1.807, 2.05) is 50.2 Å². The van der Waals surface area contributed by atoms with Crippen molar-refractivity contribution in [2.24, 2.45) is 4.99 Å². The van der Waals surface area contributed by atoms with Gasteiger partial charge < -0.3 is 4.74 Å². The molecule has 4 aromatic rings. The van der Waals surface area contributed by atoms with E-state index in [-0.39, 0.29) is 18.3 Å². The second-order valence-corrected chi connectivity index (χ2v) is 12.8. The van der Waals surface area contributed by atoms with Gasteiger partial charge in [0.15, 0.2) is 5.17 Å². The Labute approximate surface area is 268 Å². The number of carbonyl (C=O) groups is 1. The molecule has 1 amide bonds. The maximum absolute atomic E-state index is 14.3. The quantitative estimate of drug-likeness (QED) is 0.185. The molecule has 1 heterocycles. The van der Waals surface area contributed by atoms with Gasteiger partial charge in [-0.1, -0.05) is 69.5 Å².